The molecule has 13 heavy (non-hydrogen) atoms. The number of esters is 1. The summed E-state index contributed by atoms with van der Waals surface area (Å²) in [6.45, 7) is 2.00. The van der Waals surface area contributed by atoms with Gasteiger partial charge in [0.2, 0.25) is 0 Å². The van der Waals surface area contributed by atoms with Crippen molar-refractivity contribution in [2.75, 3.05) is 12.3 Å². The Morgan fingerprint density at radius 1 is 1.85 bits per heavy atom. The number of hydrogen-bond acceptors (Lipinski definition) is 5. The number of anilines is 1. The van der Waals surface area contributed by atoms with Gasteiger partial charge in [0.15, 0.2) is 0 Å². The molecule has 0 aliphatic carbocycles. The molecule has 0 amide bonds. The monoisotopic (exact) mass is 196 g/mol. The molecule has 0 radical (unpaired) electrons. The van der Waals surface area contributed by atoms with Crippen molar-refractivity contribution in [3.05, 3.63) is 16.5 Å². The van der Waals surface area contributed by atoms with Gasteiger partial charge in [-0.05, 0) is 13.0 Å². The van der Waals surface area contributed by atoms with E-state index in [0.717, 1.165) is 11.3 Å². The van der Waals surface area contributed by atoms with Gasteiger partial charge in [0, 0.05) is 0 Å². The topological polar surface area (TPSA) is 76.1 Å². The van der Waals surface area contributed by atoms with Gasteiger partial charge in [-0.15, -0.1) is 11.3 Å². The summed E-state index contributed by atoms with van der Waals surface area (Å²) in [4.78, 5) is 11.5. The number of rotatable bonds is 2. The second-order valence-electron chi connectivity index (χ2n) is 2.22. The van der Waals surface area contributed by atoms with E-state index in [9.17, 15) is 4.79 Å². The van der Waals surface area contributed by atoms with Crippen molar-refractivity contribution in [3.8, 4) is 6.07 Å². The molecule has 0 aliphatic heterocycles. The van der Waals surface area contributed by atoms with Crippen LogP contribution < -0.4 is 5.73 Å². The first-order valence-electron chi connectivity index (χ1n) is 3.65. The van der Waals surface area contributed by atoms with Crippen LogP contribution in [0, 0.1) is 11.3 Å². The summed E-state index contributed by atoms with van der Waals surface area (Å²) >= 11 is 1.08. The summed E-state index contributed by atoms with van der Waals surface area (Å²) in [6.07, 6.45) is 0. The summed E-state index contributed by atoms with van der Waals surface area (Å²) in [5, 5.41) is 9.09. The number of carbonyl (C=O) groups excluding carboxylic acids is 1. The zero-order valence-corrected chi connectivity index (χ0v) is 7.85. The zero-order chi connectivity index (χ0) is 9.84. The molecule has 1 rings (SSSR count). The first-order valence-corrected chi connectivity index (χ1v) is 4.47. The molecule has 5 heteroatoms. The molecule has 1 aromatic rings. The van der Waals surface area contributed by atoms with E-state index in [1.54, 1.807) is 6.92 Å². The molecule has 0 saturated carbocycles. The number of nitrogen functional groups attached to an aromatic ring is 1. The number of carbonyl (C=O) groups is 1. The van der Waals surface area contributed by atoms with Crippen LogP contribution in [0.4, 0.5) is 5.00 Å². The lowest BCUT2D eigenvalue weighted by Crippen LogP contribution is -2.04. The highest BCUT2D eigenvalue weighted by Crippen LogP contribution is 2.24. The second kappa shape index (κ2) is 3.92. The van der Waals surface area contributed by atoms with Gasteiger partial charge in [-0.25, -0.2) is 4.79 Å². The number of thiophene rings is 1. The van der Waals surface area contributed by atoms with E-state index in [1.807, 2.05) is 6.07 Å². The normalized spacial score (nSPS) is 9.23. The van der Waals surface area contributed by atoms with Gasteiger partial charge in [0.1, 0.15) is 10.9 Å². The van der Waals surface area contributed by atoms with Crippen LogP contribution in [0.15, 0.2) is 6.07 Å². The molecular formula is C8H8N2O2S. The maximum Gasteiger partial charge on any atom is 0.340 e. The zero-order valence-electron chi connectivity index (χ0n) is 7.03. The average molecular weight is 196 g/mol. The van der Waals surface area contributed by atoms with E-state index in [1.165, 1.54) is 6.07 Å². The van der Waals surface area contributed by atoms with E-state index in [2.05, 4.69) is 0 Å². The molecular weight excluding hydrogens is 188 g/mol. The molecule has 0 bridgehead atoms. The van der Waals surface area contributed by atoms with Crippen LogP contribution in [-0.2, 0) is 4.74 Å². The van der Waals surface area contributed by atoms with Gasteiger partial charge < -0.3 is 10.5 Å². The maximum absolute atomic E-state index is 11.2. The van der Waals surface area contributed by atoms with Gasteiger partial charge in [-0.3, -0.25) is 0 Å². The van der Waals surface area contributed by atoms with Crippen LogP contribution in [0.3, 0.4) is 0 Å². The number of nitrogens with zero attached hydrogens (tertiary/aromatic N) is 1. The SMILES string of the molecule is CCOC(=O)c1cc(N)sc1C#N. The van der Waals surface area contributed by atoms with Crippen molar-refractivity contribution in [1.29, 1.82) is 5.26 Å². The fourth-order valence-electron chi connectivity index (χ4n) is 0.854. The number of nitriles is 1. The number of nitrogens with two attached hydrogens (primary N) is 1. The second-order valence-corrected chi connectivity index (χ2v) is 3.31. The molecule has 68 valence electrons. The maximum atomic E-state index is 11.2. The Morgan fingerprint density at radius 2 is 2.54 bits per heavy atom. The molecule has 4 nitrogen and oxygen atoms in total. The van der Waals surface area contributed by atoms with Gasteiger partial charge in [0.05, 0.1) is 17.2 Å². The summed E-state index contributed by atoms with van der Waals surface area (Å²) in [6, 6.07) is 3.35. The summed E-state index contributed by atoms with van der Waals surface area (Å²) < 4.78 is 4.74. The Hall–Kier alpha value is -1.54. The minimum Gasteiger partial charge on any atom is -0.462 e. The van der Waals surface area contributed by atoms with E-state index in [-0.39, 0.29) is 5.56 Å². The lowest BCUT2D eigenvalue weighted by atomic mass is 10.2. The fourth-order valence-corrected chi connectivity index (χ4v) is 1.56. The van der Waals surface area contributed by atoms with Gasteiger partial charge >= 0.3 is 5.97 Å². The van der Waals surface area contributed by atoms with Crippen LogP contribution >= 0.6 is 11.3 Å². The molecule has 1 heterocycles. The molecule has 0 unspecified atom stereocenters. The van der Waals surface area contributed by atoms with Crippen LogP contribution in [0.1, 0.15) is 22.2 Å². The van der Waals surface area contributed by atoms with E-state index < -0.39 is 5.97 Å². The van der Waals surface area contributed by atoms with E-state index >= 15 is 0 Å². The Bertz CT molecular complexity index is 365. The van der Waals surface area contributed by atoms with Crippen molar-refractivity contribution in [2.45, 2.75) is 6.92 Å². The highest BCUT2D eigenvalue weighted by Gasteiger charge is 2.15. The highest BCUT2D eigenvalue weighted by atomic mass is 32.1. The van der Waals surface area contributed by atoms with E-state index in [4.69, 9.17) is 15.7 Å². The predicted molar refractivity (Wildman–Crippen MR) is 49.4 cm³/mol. The van der Waals surface area contributed by atoms with Crippen LogP contribution in [0.25, 0.3) is 0 Å². The molecule has 0 aliphatic rings. The standard InChI is InChI=1S/C8H8N2O2S/c1-2-12-8(11)5-3-7(10)13-6(5)4-9/h3H,2,10H2,1H3. The van der Waals surface area contributed by atoms with Gasteiger partial charge in [-0.2, -0.15) is 5.26 Å². The third kappa shape index (κ3) is 1.98. The summed E-state index contributed by atoms with van der Waals surface area (Å²) in [5.74, 6) is -0.494. The number of hydrogen-bond donors (Lipinski definition) is 1. The first kappa shape index (κ1) is 9.55. The van der Waals surface area contributed by atoms with Gasteiger partial charge in [0.25, 0.3) is 0 Å². The molecule has 0 aromatic carbocycles. The molecule has 0 atom stereocenters. The van der Waals surface area contributed by atoms with Crippen molar-refractivity contribution < 1.29 is 9.53 Å². The number of ether oxygens (including phenoxy) is 1. The quantitative estimate of drug-likeness (QED) is 0.725. The molecule has 0 fully saturated rings. The minimum atomic E-state index is -0.494. The lowest BCUT2D eigenvalue weighted by Gasteiger charge is -1.97. The summed E-state index contributed by atoms with van der Waals surface area (Å²) in [5.41, 5.74) is 5.70. The van der Waals surface area contributed by atoms with Crippen molar-refractivity contribution in [3.63, 3.8) is 0 Å². The molecule has 2 N–H and O–H groups in total. The average Bonchev–Trinajstić information content (AvgIpc) is 2.47. The van der Waals surface area contributed by atoms with Crippen molar-refractivity contribution in [1.82, 2.24) is 0 Å². The van der Waals surface area contributed by atoms with Crippen LogP contribution in [0.5, 0.6) is 0 Å². The lowest BCUT2D eigenvalue weighted by molar-refractivity contribution is 0.0526. The smallest absolute Gasteiger partial charge is 0.340 e. The largest absolute Gasteiger partial charge is 0.462 e. The van der Waals surface area contributed by atoms with Crippen molar-refractivity contribution in [2.24, 2.45) is 0 Å². The van der Waals surface area contributed by atoms with Crippen LogP contribution in [-0.4, -0.2) is 12.6 Å². The highest BCUT2D eigenvalue weighted by molar-refractivity contribution is 7.16. The molecule has 0 saturated heterocycles. The Morgan fingerprint density at radius 3 is 3.08 bits per heavy atom. The van der Waals surface area contributed by atoms with Crippen molar-refractivity contribution >= 4 is 22.3 Å². The Labute approximate surface area is 79.5 Å². The third-order valence-electron chi connectivity index (χ3n) is 1.35. The van der Waals surface area contributed by atoms with E-state index in [0.29, 0.717) is 16.5 Å². The minimum absolute atomic E-state index is 0.256. The third-order valence-corrected chi connectivity index (χ3v) is 2.22. The first-order chi connectivity index (χ1) is 6.19. The fraction of sp³-hybridized carbons (Fsp3) is 0.250. The predicted octanol–water partition coefficient (Wildman–Crippen LogP) is 1.38. The Kier molecular flexibility index (Phi) is 2.88. The molecule has 0 spiro atoms. The molecule has 1 aromatic heterocycles. The van der Waals surface area contributed by atoms with Gasteiger partial charge in [-0.1, -0.05) is 0 Å². The van der Waals surface area contributed by atoms with Crippen LogP contribution in [0.2, 0.25) is 0 Å². The Balaban J connectivity index is 3.00. The summed E-state index contributed by atoms with van der Waals surface area (Å²) in [7, 11) is 0.